The van der Waals surface area contributed by atoms with Gasteiger partial charge in [-0.05, 0) is 70.6 Å². The van der Waals surface area contributed by atoms with Crippen molar-refractivity contribution in [2.24, 2.45) is 0 Å². The van der Waals surface area contributed by atoms with Crippen LogP contribution in [0.5, 0.6) is 0 Å². The minimum atomic E-state index is -1.54. The first-order valence-corrected chi connectivity index (χ1v) is 22.6. The van der Waals surface area contributed by atoms with Crippen LogP contribution in [0.3, 0.4) is 0 Å². The molecule has 1 saturated heterocycles. The van der Waals surface area contributed by atoms with Crippen molar-refractivity contribution in [2.45, 2.75) is 224 Å². The molecule has 1 aliphatic heterocycles. The lowest BCUT2D eigenvalue weighted by atomic mass is 9.99. The fourth-order valence-electron chi connectivity index (χ4n) is 6.69. The molecule has 1 fully saturated rings. The molecule has 9 heteroatoms. The molecule has 1 heterocycles. The summed E-state index contributed by atoms with van der Waals surface area (Å²) in [6, 6.07) is 0. The van der Waals surface area contributed by atoms with E-state index in [4.69, 9.17) is 18.9 Å². The van der Waals surface area contributed by atoms with Crippen molar-refractivity contribution in [2.75, 3.05) is 26.4 Å². The highest BCUT2D eigenvalue weighted by atomic mass is 16.7. The Kier molecular flexibility index (Phi) is 35.5. The van der Waals surface area contributed by atoms with Crippen LogP contribution in [0.2, 0.25) is 0 Å². The molecule has 6 unspecified atom stereocenters. The number of hydrogen-bond acceptors (Lipinski definition) is 9. The van der Waals surface area contributed by atoms with E-state index in [1.807, 2.05) is 0 Å². The lowest BCUT2D eigenvalue weighted by Gasteiger charge is -2.39. The standard InChI is InChI=1S/C46H84O9/c1-3-5-7-9-11-13-15-17-19-20-22-24-26-28-30-32-34-36-52-38-40(39-53-46-45(51)44(50)43(49)41(37-47)55-46)54-42(48)35-33-31-29-27-25-23-21-18-16-14-12-10-8-6-4-2/h12,14,18-21,40-41,43-47,49-51H,3-11,13,15-17,22-39H2,1-2H3/b14-12-,20-19-,21-18-. The van der Waals surface area contributed by atoms with Gasteiger partial charge >= 0.3 is 5.97 Å². The summed E-state index contributed by atoms with van der Waals surface area (Å²) in [6.07, 6.45) is 37.4. The fraction of sp³-hybridized carbons (Fsp3) is 0.848. The van der Waals surface area contributed by atoms with Gasteiger partial charge in [-0.2, -0.15) is 0 Å². The number of aliphatic hydroxyl groups is 4. The summed E-state index contributed by atoms with van der Waals surface area (Å²) in [7, 11) is 0. The summed E-state index contributed by atoms with van der Waals surface area (Å²) in [6.45, 7) is 4.50. The molecule has 0 aromatic rings. The molecule has 55 heavy (non-hydrogen) atoms. The van der Waals surface area contributed by atoms with Gasteiger partial charge in [-0.25, -0.2) is 0 Å². The summed E-state index contributed by atoms with van der Waals surface area (Å²) in [5.41, 5.74) is 0. The lowest BCUT2D eigenvalue weighted by Crippen LogP contribution is -2.59. The Labute approximate surface area is 336 Å². The molecule has 0 aromatic heterocycles. The Hall–Kier alpha value is -1.59. The van der Waals surface area contributed by atoms with Crippen molar-refractivity contribution < 1.29 is 44.2 Å². The Morgan fingerprint density at radius 1 is 0.582 bits per heavy atom. The van der Waals surface area contributed by atoms with Crippen LogP contribution >= 0.6 is 0 Å². The third-order valence-corrected chi connectivity index (χ3v) is 10.3. The molecule has 0 bridgehead atoms. The summed E-state index contributed by atoms with van der Waals surface area (Å²) in [5, 5.41) is 40.1. The Bertz CT molecular complexity index is 936. The Morgan fingerprint density at radius 3 is 1.62 bits per heavy atom. The van der Waals surface area contributed by atoms with E-state index in [2.05, 4.69) is 50.3 Å². The highest BCUT2D eigenvalue weighted by Crippen LogP contribution is 2.22. The maximum atomic E-state index is 12.8. The lowest BCUT2D eigenvalue weighted by molar-refractivity contribution is -0.305. The van der Waals surface area contributed by atoms with E-state index in [-0.39, 0.29) is 19.2 Å². The van der Waals surface area contributed by atoms with Crippen molar-refractivity contribution in [1.82, 2.24) is 0 Å². The van der Waals surface area contributed by atoms with Crippen LogP contribution in [-0.2, 0) is 23.7 Å². The van der Waals surface area contributed by atoms with Gasteiger partial charge in [-0.3, -0.25) is 4.79 Å². The predicted octanol–water partition coefficient (Wildman–Crippen LogP) is 9.97. The fourth-order valence-corrected chi connectivity index (χ4v) is 6.69. The minimum Gasteiger partial charge on any atom is -0.457 e. The zero-order valence-corrected chi connectivity index (χ0v) is 35.2. The van der Waals surface area contributed by atoms with E-state index >= 15 is 0 Å². The molecular formula is C46H84O9. The first-order valence-electron chi connectivity index (χ1n) is 22.6. The van der Waals surface area contributed by atoms with Crippen LogP contribution in [0.15, 0.2) is 36.5 Å². The van der Waals surface area contributed by atoms with Crippen molar-refractivity contribution >= 4 is 5.97 Å². The molecule has 9 nitrogen and oxygen atoms in total. The zero-order valence-electron chi connectivity index (χ0n) is 35.2. The number of allylic oxidation sites excluding steroid dienone is 6. The zero-order chi connectivity index (χ0) is 40.0. The molecule has 1 aliphatic rings. The largest absolute Gasteiger partial charge is 0.457 e. The summed E-state index contributed by atoms with van der Waals surface area (Å²) < 4.78 is 22.8. The SMILES string of the molecule is CCCCC/C=C\C/C=C\CCCCCCCC(=O)OC(COCCCCCCCC/C=C\CCCCCCCCC)COC1OC(CO)C(O)C(O)C1O. The molecule has 0 saturated carbocycles. The normalized spacial score (nSPS) is 21.0. The second-order valence-corrected chi connectivity index (χ2v) is 15.5. The number of esters is 1. The quantitative estimate of drug-likeness (QED) is 0.0274. The van der Waals surface area contributed by atoms with Gasteiger partial charge in [-0.1, -0.05) is 147 Å². The predicted molar refractivity (Wildman–Crippen MR) is 224 cm³/mol. The highest BCUT2D eigenvalue weighted by molar-refractivity contribution is 5.69. The second-order valence-electron chi connectivity index (χ2n) is 15.5. The van der Waals surface area contributed by atoms with Crippen molar-refractivity contribution in [3.8, 4) is 0 Å². The van der Waals surface area contributed by atoms with Gasteiger partial charge in [0, 0.05) is 13.0 Å². The Morgan fingerprint density at radius 2 is 1.05 bits per heavy atom. The van der Waals surface area contributed by atoms with Gasteiger partial charge in [0.2, 0.25) is 0 Å². The van der Waals surface area contributed by atoms with E-state index in [0.29, 0.717) is 13.0 Å². The number of rotatable bonds is 38. The number of carbonyl (C=O) groups excluding carboxylic acids is 1. The van der Waals surface area contributed by atoms with Crippen molar-refractivity contribution in [3.63, 3.8) is 0 Å². The molecule has 0 aliphatic carbocycles. The van der Waals surface area contributed by atoms with E-state index in [1.54, 1.807) is 0 Å². The van der Waals surface area contributed by atoms with Crippen LogP contribution in [0.1, 0.15) is 187 Å². The van der Waals surface area contributed by atoms with Gasteiger partial charge in [0.05, 0.1) is 19.8 Å². The summed E-state index contributed by atoms with van der Waals surface area (Å²) in [5.74, 6) is -0.329. The number of aliphatic hydroxyl groups excluding tert-OH is 4. The highest BCUT2D eigenvalue weighted by Gasteiger charge is 2.44. The third-order valence-electron chi connectivity index (χ3n) is 10.3. The molecule has 0 amide bonds. The first-order chi connectivity index (χ1) is 26.9. The summed E-state index contributed by atoms with van der Waals surface area (Å²) >= 11 is 0. The number of hydrogen-bond donors (Lipinski definition) is 4. The molecule has 6 atom stereocenters. The van der Waals surface area contributed by atoms with E-state index in [9.17, 15) is 25.2 Å². The minimum absolute atomic E-state index is 0.121. The van der Waals surface area contributed by atoms with Crippen LogP contribution in [0.4, 0.5) is 0 Å². The average Bonchev–Trinajstić information content (AvgIpc) is 3.18. The Balaban J connectivity index is 2.28. The molecule has 1 rings (SSSR count). The summed E-state index contributed by atoms with van der Waals surface area (Å²) in [4.78, 5) is 12.8. The topological polar surface area (TPSA) is 135 Å². The van der Waals surface area contributed by atoms with E-state index < -0.39 is 43.4 Å². The number of ether oxygens (including phenoxy) is 4. The van der Waals surface area contributed by atoms with Crippen molar-refractivity contribution in [3.05, 3.63) is 36.5 Å². The van der Waals surface area contributed by atoms with Gasteiger partial charge in [0.1, 0.15) is 30.5 Å². The number of unbranched alkanes of at least 4 members (excludes halogenated alkanes) is 21. The molecule has 322 valence electrons. The molecule has 0 aromatic carbocycles. The molecule has 0 radical (unpaired) electrons. The van der Waals surface area contributed by atoms with E-state index in [1.165, 1.54) is 103 Å². The maximum absolute atomic E-state index is 12.8. The smallest absolute Gasteiger partial charge is 0.306 e. The third kappa shape index (κ3) is 29.3. The van der Waals surface area contributed by atoms with Gasteiger partial charge in [0.15, 0.2) is 6.29 Å². The van der Waals surface area contributed by atoms with Gasteiger partial charge in [0.25, 0.3) is 0 Å². The molecule has 4 N–H and O–H groups in total. The monoisotopic (exact) mass is 781 g/mol. The van der Waals surface area contributed by atoms with Crippen LogP contribution in [0.25, 0.3) is 0 Å². The maximum Gasteiger partial charge on any atom is 0.306 e. The van der Waals surface area contributed by atoms with Crippen LogP contribution in [-0.4, -0.2) is 89.6 Å². The van der Waals surface area contributed by atoms with Crippen LogP contribution < -0.4 is 0 Å². The molecule has 0 spiro atoms. The number of carbonyl (C=O) groups is 1. The van der Waals surface area contributed by atoms with Gasteiger partial charge in [-0.15, -0.1) is 0 Å². The average molecular weight is 781 g/mol. The van der Waals surface area contributed by atoms with Crippen molar-refractivity contribution in [1.29, 1.82) is 0 Å². The van der Waals surface area contributed by atoms with Gasteiger partial charge < -0.3 is 39.4 Å². The van der Waals surface area contributed by atoms with Crippen LogP contribution in [0, 0.1) is 0 Å². The van der Waals surface area contributed by atoms with E-state index in [0.717, 1.165) is 64.2 Å². The molecular weight excluding hydrogens is 696 g/mol. The first kappa shape index (κ1) is 51.4. The second kappa shape index (κ2) is 38.0.